The third-order valence-electron chi connectivity index (χ3n) is 3.79. The maximum absolute atomic E-state index is 12.1. The fourth-order valence-corrected chi connectivity index (χ4v) is 3.24. The zero-order valence-corrected chi connectivity index (χ0v) is 11.4. The average molecular weight is 262 g/mol. The molecule has 96 valence electrons. The number of carbonyl (C=O) groups excluding carboxylic acids is 1. The molecule has 1 aromatic heterocycles. The summed E-state index contributed by atoms with van der Waals surface area (Å²) in [7, 11) is 0. The van der Waals surface area contributed by atoms with E-state index in [9.17, 15) is 10.1 Å². The molecule has 3 nitrogen and oxygen atoms in total. The van der Waals surface area contributed by atoms with Crippen LogP contribution < -0.4 is 5.32 Å². The molecule has 0 aromatic carbocycles. The van der Waals surface area contributed by atoms with Gasteiger partial charge in [-0.05, 0) is 41.1 Å². The Kier molecular flexibility index (Phi) is 4.03. The predicted octanol–water partition coefficient (Wildman–Crippen LogP) is 3.05. The van der Waals surface area contributed by atoms with Gasteiger partial charge in [-0.25, -0.2) is 0 Å². The third-order valence-corrected chi connectivity index (χ3v) is 4.49. The van der Waals surface area contributed by atoms with Crippen LogP contribution in [0.15, 0.2) is 16.8 Å². The highest BCUT2D eigenvalue weighted by Crippen LogP contribution is 2.37. The van der Waals surface area contributed by atoms with Crippen LogP contribution in [0.4, 0.5) is 0 Å². The number of thiophene rings is 1. The van der Waals surface area contributed by atoms with Crippen molar-refractivity contribution in [1.29, 1.82) is 5.26 Å². The number of rotatable bonds is 4. The molecule has 1 fully saturated rings. The second-order valence-corrected chi connectivity index (χ2v) is 5.85. The Balaban J connectivity index is 1.90. The van der Waals surface area contributed by atoms with Crippen LogP contribution in [0, 0.1) is 16.7 Å². The van der Waals surface area contributed by atoms with Gasteiger partial charge in [-0.15, -0.1) is 0 Å². The van der Waals surface area contributed by atoms with Crippen LogP contribution in [-0.2, 0) is 4.79 Å². The summed E-state index contributed by atoms with van der Waals surface area (Å²) in [5, 5.41) is 16.3. The summed E-state index contributed by atoms with van der Waals surface area (Å²) in [6.07, 6.45) is 3.40. The first-order valence-corrected chi connectivity index (χ1v) is 7.34. The summed E-state index contributed by atoms with van der Waals surface area (Å²) in [6, 6.07) is 4.31. The van der Waals surface area contributed by atoms with Crippen LogP contribution >= 0.6 is 11.3 Å². The molecule has 2 rings (SSSR count). The molecule has 4 heteroatoms. The molecule has 1 heterocycles. The Labute approximate surface area is 112 Å². The highest BCUT2D eigenvalue weighted by molar-refractivity contribution is 7.07. The van der Waals surface area contributed by atoms with E-state index in [2.05, 4.69) is 29.8 Å². The van der Waals surface area contributed by atoms with Crippen molar-refractivity contribution >= 4 is 17.2 Å². The molecule has 1 aliphatic carbocycles. The van der Waals surface area contributed by atoms with Gasteiger partial charge in [-0.3, -0.25) is 4.79 Å². The minimum Gasteiger partial charge on any atom is -0.354 e. The van der Waals surface area contributed by atoms with Crippen molar-refractivity contribution in [2.45, 2.75) is 38.5 Å². The van der Waals surface area contributed by atoms with Crippen LogP contribution in [0.25, 0.3) is 0 Å². The molecule has 0 spiro atoms. The molecule has 1 atom stereocenters. The number of hydrogen-bond acceptors (Lipinski definition) is 3. The molecular weight excluding hydrogens is 244 g/mol. The van der Waals surface area contributed by atoms with E-state index in [0.29, 0.717) is 25.3 Å². The first kappa shape index (κ1) is 13.1. The van der Waals surface area contributed by atoms with E-state index >= 15 is 0 Å². The number of carbonyl (C=O) groups is 1. The van der Waals surface area contributed by atoms with Crippen LogP contribution in [0.1, 0.15) is 44.1 Å². The first-order chi connectivity index (χ1) is 8.68. The first-order valence-electron chi connectivity index (χ1n) is 6.39. The summed E-state index contributed by atoms with van der Waals surface area (Å²) < 4.78 is 0. The number of amides is 1. The minimum absolute atomic E-state index is 0.0791. The Hall–Kier alpha value is -1.34. The fourth-order valence-electron chi connectivity index (χ4n) is 2.46. The van der Waals surface area contributed by atoms with Crippen molar-refractivity contribution in [3.63, 3.8) is 0 Å². The molecule has 18 heavy (non-hydrogen) atoms. The van der Waals surface area contributed by atoms with Gasteiger partial charge in [0, 0.05) is 6.54 Å². The Morgan fingerprint density at radius 3 is 2.89 bits per heavy atom. The lowest BCUT2D eigenvalue weighted by molar-refractivity contribution is -0.128. The van der Waals surface area contributed by atoms with Crippen LogP contribution in [0.3, 0.4) is 0 Å². The topological polar surface area (TPSA) is 52.9 Å². The van der Waals surface area contributed by atoms with E-state index in [1.807, 2.05) is 5.38 Å². The molecule has 1 aromatic rings. The van der Waals surface area contributed by atoms with Crippen molar-refractivity contribution in [1.82, 2.24) is 5.32 Å². The molecule has 1 N–H and O–H groups in total. The van der Waals surface area contributed by atoms with Crippen LogP contribution in [-0.4, -0.2) is 12.5 Å². The van der Waals surface area contributed by atoms with E-state index in [1.54, 1.807) is 11.3 Å². The second-order valence-electron chi connectivity index (χ2n) is 5.07. The smallest absolute Gasteiger partial charge is 0.240 e. The van der Waals surface area contributed by atoms with Gasteiger partial charge in [0.2, 0.25) is 5.91 Å². The summed E-state index contributed by atoms with van der Waals surface area (Å²) in [6.45, 7) is 2.70. The van der Waals surface area contributed by atoms with E-state index in [0.717, 1.165) is 12.8 Å². The number of nitrogens with one attached hydrogen (secondary N) is 1. The average Bonchev–Trinajstić information content (AvgIpc) is 3.06. The van der Waals surface area contributed by atoms with E-state index in [-0.39, 0.29) is 5.91 Å². The Bertz CT molecular complexity index is 441. The minimum atomic E-state index is -0.756. The monoisotopic (exact) mass is 262 g/mol. The van der Waals surface area contributed by atoms with Crippen molar-refractivity contribution in [2.75, 3.05) is 6.54 Å². The quantitative estimate of drug-likeness (QED) is 0.906. The van der Waals surface area contributed by atoms with Crippen molar-refractivity contribution in [2.24, 2.45) is 5.41 Å². The Morgan fingerprint density at radius 2 is 2.33 bits per heavy atom. The van der Waals surface area contributed by atoms with Gasteiger partial charge < -0.3 is 5.32 Å². The maximum atomic E-state index is 12.1. The van der Waals surface area contributed by atoms with Gasteiger partial charge >= 0.3 is 0 Å². The van der Waals surface area contributed by atoms with Gasteiger partial charge in [-0.1, -0.05) is 19.8 Å². The number of nitriles is 1. The lowest BCUT2D eigenvalue weighted by Gasteiger charge is -2.20. The second kappa shape index (κ2) is 5.53. The summed E-state index contributed by atoms with van der Waals surface area (Å²) in [5.41, 5.74) is 0.492. The predicted molar refractivity (Wildman–Crippen MR) is 72.3 cm³/mol. The SMILES string of the molecule is CC(CNC(=O)C1(C#N)CCCC1)c1ccsc1. The Morgan fingerprint density at radius 1 is 1.61 bits per heavy atom. The highest BCUT2D eigenvalue weighted by atomic mass is 32.1. The van der Waals surface area contributed by atoms with Gasteiger partial charge in [-0.2, -0.15) is 16.6 Å². The van der Waals surface area contributed by atoms with E-state index < -0.39 is 5.41 Å². The standard InChI is InChI=1S/C14H18N2OS/c1-11(12-4-7-18-9-12)8-16-13(17)14(10-15)5-2-3-6-14/h4,7,9,11H,2-3,5-6,8H2,1H3,(H,16,17). The molecule has 1 aliphatic rings. The molecule has 0 bridgehead atoms. The van der Waals surface area contributed by atoms with Crippen LogP contribution in [0.5, 0.6) is 0 Å². The number of hydrogen-bond donors (Lipinski definition) is 1. The van der Waals surface area contributed by atoms with Crippen molar-refractivity contribution < 1.29 is 4.79 Å². The molecule has 1 saturated carbocycles. The lowest BCUT2D eigenvalue weighted by Crippen LogP contribution is -2.39. The van der Waals surface area contributed by atoms with Crippen LogP contribution in [0.2, 0.25) is 0 Å². The summed E-state index contributed by atoms with van der Waals surface area (Å²) >= 11 is 1.67. The van der Waals surface area contributed by atoms with Gasteiger partial charge in [0.15, 0.2) is 0 Å². The largest absolute Gasteiger partial charge is 0.354 e. The number of nitrogens with zero attached hydrogens (tertiary/aromatic N) is 1. The van der Waals surface area contributed by atoms with Crippen molar-refractivity contribution in [3.8, 4) is 6.07 Å². The van der Waals surface area contributed by atoms with Gasteiger partial charge in [0.05, 0.1) is 6.07 Å². The summed E-state index contributed by atoms with van der Waals surface area (Å²) in [5.74, 6) is 0.224. The third kappa shape index (κ3) is 2.56. The molecule has 0 radical (unpaired) electrons. The normalized spacial score (nSPS) is 19.1. The summed E-state index contributed by atoms with van der Waals surface area (Å²) in [4.78, 5) is 12.1. The maximum Gasteiger partial charge on any atom is 0.240 e. The van der Waals surface area contributed by atoms with E-state index in [4.69, 9.17) is 0 Å². The van der Waals surface area contributed by atoms with Gasteiger partial charge in [0.1, 0.15) is 5.41 Å². The van der Waals surface area contributed by atoms with Gasteiger partial charge in [0.25, 0.3) is 0 Å². The fraction of sp³-hybridized carbons (Fsp3) is 0.571. The van der Waals surface area contributed by atoms with Crippen molar-refractivity contribution in [3.05, 3.63) is 22.4 Å². The molecular formula is C14H18N2OS. The molecule has 0 aliphatic heterocycles. The highest BCUT2D eigenvalue weighted by Gasteiger charge is 2.41. The van der Waals surface area contributed by atoms with E-state index in [1.165, 1.54) is 5.56 Å². The lowest BCUT2D eigenvalue weighted by atomic mass is 9.87. The molecule has 1 amide bonds. The zero-order valence-electron chi connectivity index (χ0n) is 10.6. The molecule has 0 saturated heterocycles. The zero-order chi connectivity index (χ0) is 13.0. The molecule has 1 unspecified atom stereocenters.